The Balaban J connectivity index is 1.98. The monoisotopic (exact) mass is 324 g/mol. The van der Waals surface area contributed by atoms with Crippen molar-refractivity contribution in [2.75, 3.05) is 0 Å². The molecular formula is C14H16N2O3S2. The number of furan rings is 1. The molecule has 1 heterocycles. The van der Waals surface area contributed by atoms with Gasteiger partial charge in [0.2, 0.25) is 10.0 Å². The lowest BCUT2D eigenvalue weighted by Crippen LogP contribution is -2.24. The van der Waals surface area contributed by atoms with Gasteiger partial charge in [-0.05, 0) is 24.6 Å². The summed E-state index contributed by atoms with van der Waals surface area (Å²) in [5.74, 6) is 1.22. The molecule has 0 fully saturated rings. The summed E-state index contributed by atoms with van der Waals surface area (Å²) in [6.45, 7) is 1.95. The smallest absolute Gasteiger partial charge is 0.216 e. The van der Waals surface area contributed by atoms with E-state index in [9.17, 15) is 8.42 Å². The van der Waals surface area contributed by atoms with Gasteiger partial charge in [0, 0.05) is 5.56 Å². The summed E-state index contributed by atoms with van der Waals surface area (Å²) in [5, 5.41) is 0. The highest BCUT2D eigenvalue weighted by Gasteiger charge is 2.12. The van der Waals surface area contributed by atoms with E-state index in [0.29, 0.717) is 16.9 Å². The number of nitrogens with two attached hydrogens (primary N) is 1. The predicted molar refractivity (Wildman–Crippen MR) is 85.2 cm³/mol. The minimum absolute atomic E-state index is 0.107. The van der Waals surface area contributed by atoms with Gasteiger partial charge in [0.25, 0.3) is 0 Å². The third-order valence-electron chi connectivity index (χ3n) is 2.86. The number of nitrogens with one attached hydrogen (secondary N) is 1. The summed E-state index contributed by atoms with van der Waals surface area (Å²) in [4.78, 5) is 0.288. The van der Waals surface area contributed by atoms with Crippen LogP contribution in [0.15, 0.2) is 40.8 Å². The molecule has 0 amide bonds. The Morgan fingerprint density at radius 3 is 2.43 bits per heavy atom. The highest BCUT2D eigenvalue weighted by molar-refractivity contribution is 7.88. The number of hydrogen-bond donors (Lipinski definition) is 2. The van der Waals surface area contributed by atoms with Crippen molar-refractivity contribution in [3.63, 3.8) is 0 Å². The third kappa shape index (κ3) is 4.66. The molecular weight excluding hydrogens is 308 g/mol. The van der Waals surface area contributed by atoms with Crippen molar-refractivity contribution in [3.8, 4) is 0 Å². The van der Waals surface area contributed by atoms with Gasteiger partial charge in [-0.15, -0.1) is 0 Å². The van der Waals surface area contributed by atoms with E-state index in [1.54, 1.807) is 43.3 Å². The van der Waals surface area contributed by atoms with Crippen LogP contribution in [-0.2, 0) is 22.3 Å². The highest BCUT2D eigenvalue weighted by Crippen LogP contribution is 2.10. The summed E-state index contributed by atoms with van der Waals surface area (Å²) in [5.41, 5.74) is 6.87. The Morgan fingerprint density at radius 2 is 1.90 bits per heavy atom. The maximum atomic E-state index is 12.0. The molecule has 0 unspecified atom stereocenters. The van der Waals surface area contributed by atoms with Crippen LogP contribution in [0.2, 0.25) is 0 Å². The minimum Gasteiger partial charge on any atom is -0.465 e. The zero-order valence-electron chi connectivity index (χ0n) is 11.5. The predicted octanol–water partition coefficient (Wildman–Crippen LogP) is 1.84. The fourth-order valence-corrected chi connectivity index (χ4v) is 3.03. The van der Waals surface area contributed by atoms with Crippen LogP contribution in [0.4, 0.5) is 0 Å². The molecule has 0 aliphatic carbocycles. The molecule has 2 rings (SSSR count). The highest BCUT2D eigenvalue weighted by atomic mass is 32.2. The average Bonchev–Trinajstić information content (AvgIpc) is 2.83. The summed E-state index contributed by atoms with van der Waals surface area (Å²) in [7, 11) is -3.43. The van der Waals surface area contributed by atoms with Gasteiger partial charge in [-0.2, -0.15) is 0 Å². The van der Waals surface area contributed by atoms with Gasteiger partial charge in [-0.1, -0.05) is 36.5 Å². The normalized spacial score (nSPS) is 11.5. The number of benzene rings is 1. The molecule has 1 aromatic heterocycles. The molecule has 0 atom stereocenters. The van der Waals surface area contributed by atoms with Crippen LogP contribution in [-0.4, -0.2) is 13.4 Å². The maximum Gasteiger partial charge on any atom is 0.216 e. The second-order valence-electron chi connectivity index (χ2n) is 4.65. The molecule has 0 aliphatic heterocycles. The van der Waals surface area contributed by atoms with Crippen molar-refractivity contribution in [3.05, 3.63) is 59.0 Å². The van der Waals surface area contributed by atoms with Crippen molar-refractivity contribution in [2.45, 2.75) is 19.2 Å². The standard InChI is InChI=1S/C14H16N2O3S2/c1-10-2-7-13(19-10)8-16-21(17,18)9-11-3-5-12(6-4-11)14(15)20/h2-7,16H,8-9H2,1H3,(H2,15,20). The molecule has 0 bridgehead atoms. The van der Waals surface area contributed by atoms with Gasteiger partial charge in [0.15, 0.2) is 0 Å². The van der Waals surface area contributed by atoms with E-state index in [1.807, 2.05) is 0 Å². The van der Waals surface area contributed by atoms with Crippen molar-refractivity contribution >= 4 is 27.2 Å². The first-order valence-electron chi connectivity index (χ1n) is 6.27. The second kappa shape index (κ2) is 6.38. The molecule has 7 heteroatoms. The first-order chi connectivity index (χ1) is 9.85. The summed E-state index contributed by atoms with van der Waals surface area (Å²) in [6.07, 6.45) is 0. The molecule has 112 valence electrons. The summed E-state index contributed by atoms with van der Waals surface area (Å²) in [6, 6.07) is 10.4. The second-order valence-corrected chi connectivity index (χ2v) is 6.90. The van der Waals surface area contributed by atoms with Crippen LogP contribution in [0.3, 0.4) is 0 Å². The van der Waals surface area contributed by atoms with E-state index < -0.39 is 10.0 Å². The van der Waals surface area contributed by atoms with Gasteiger partial charge in [0.1, 0.15) is 16.5 Å². The third-order valence-corrected chi connectivity index (χ3v) is 4.39. The largest absolute Gasteiger partial charge is 0.465 e. The van der Waals surface area contributed by atoms with Crippen LogP contribution < -0.4 is 10.5 Å². The molecule has 0 saturated carbocycles. The quantitative estimate of drug-likeness (QED) is 0.792. The number of aryl methyl sites for hydroxylation is 1. The van der Waals surface area contributed by atoms with E-state index in [1.165, 1.54) is 0 Å². The average molecular weight is 324 g/mol. The van der Waals surface area contributed by atoms with Crippen LogP contribution >= 0.6 is 12.2 Å². The lowest BCUT2D eigenvalue weighted by Gasteiger charge is -2.06. The van der Waals surface area contributed by atoms with Gasteiger partial charge in [-0.25, -0.2) is 13.1 Å². The Labute approximate surface area is 129 Å². The van der Waals surface area contributed by atoms with Crippen LogP contribution in [0.5, 0.6) is 0 Å². The van der Waals surface area contributed by atoms with E-state index in [4.69, 9.17) is 22.4 Å². The van der Waals surface area contributed by atoms with Crippen molar-refractivity contribution in [1.29, 1.82) is 0 Å². The number of hydrogen-bond acceptors (Lipinski definition) is 4. The fourth-order valence-electron chi connectivity index (χ4n) is 1.80. The number of sulfonamides is 1. The number of rotatable bonds is 6. The summed E-state index contributed by atoms with van der Waals surface area (Å²) < 4.78 is 31.8. The van der Waals surface area contributed by atoms with Crippen LogP contribution in [0, 0.1) is 6.92 Å². The molecule has 5 nitrogen and oxygen atoms in total. The molecule has 0 saturated heterocycles. The molecule has 2 aromatic rings. The number of thiocarbonyl (C=S) groups is 1. The Bertz CT molecular complexity index is 734. The van der Waals surface area contributed by atoms with Crippen LogP contribution in [0.25, 0.3) is 0 Å². The Morgan fingerprint density at radius 1 is 1.24 bits per heavy atom. The van der Waals surface area contributed by atoms with Gasteiger partial charge in [0.05, 0.1) is 12.3 Å². The van der Waals surface area contributed by atoms with Gasteiger partial charge >= 0.3 is 0 Å². The first kappa shape index (κ1) is 15.7. The lowest BCUT2D eigenvalue weighted by molar-refractivity contribution is 0.475. The first-order valence-corrected chi connectivity index (χ1v) is 8.33. The Hall–Kier alpha value is -1.70. The van der Waals surface area contributed by atoms with E-state index >= 15 is 0 Å². The molecule has 0 aliphatic rings. The van der Waals surface area contributed by atoms with Gasteiger partial charge < -0.3 is 10.2 Å². The Kier molecular flexibility index (Phi) is 4.76. The SMILES string of the molecule is Cc1ccc(CNS(=O)(=O)Cc2ccc(C(N)=S)cc2)o1. The summed E-state index contributed by atoms with van der Waals surface area (Å²) >= 11 is 4.85. The van der Waals surface area contributed by atoms with Crippen LogP contribution in [0.1, 0.15) is 22.6 Å². The molecule has 0 radical (unpaired) electrons. The zero-order chi connectivity index (χ0) is 15.5. The van der Waals surface area contributed by atoms with Crippen molar-refractivity contribution in [1.82, 2.24) is 4.72 Å². The molecule has 21 heavy (non-hydrogen) atoms. The van der Waals surface area contributed by atoms with E-state index in [2.05, 4.69) is 4.72 Å². The zero-order valence-corrected chi connectivity index (χ0v) is 13.1. The van der Waals surface area contributed by atoms with Crippen molar-refractivity contribution < 1.29 is 12.8 Å². The fraction of sp³-hybridized carbons (Fsp3) is 0.214. The topological polar surface area (TPSA) is 85.3 Å². The molecule has 3 N–H and O–H groups in total. The lowest BCUT2D eigenvalue weighted by atomic mass is 10.1. The molecule has 0 spiro atoms. The van der Waals surface area contributed by atoms with Gasteiger partial charge in [-0.3, -0.25) is 0 Å². The van der Waals surface area contributed by atoms with E-state index in [-0.39, 0.29) is 17.3 Å². The van der Waals surface area contributed by atoms with E-state index in [0.717, 1.165) is 5.76 Å². The minimum atomic E-state index is -3.43. The maximum absolute atomic E-state index is 12.0. The van der Waals surface area contributed by atoms with Crippen molar-refractivity contribution in [2.24, 2.45) is 5.73 Å². The molecule has 1 aromatic carbocycles.